The van der Waals surface area contributed by atoms with E-state index in [1.165, 1.54) is 32.9 Å². The van der Waals surface area contributed by atoms with Crippen LogP contribution in [0.25, 0.3) is 0 Å². The fraction of sp³-hybridized carbons (Fsp3) is 0.474. The predicted molar refractivity (Wildman–Crippen MR) is 181 cm³/mol. The minimum atomic E-state index is -6.25. The summed E-state index contributed by atoms with van der Waals surface area (Å²) in [5.41, 5.74) is -17.1. The van der Waals surface area contributed by atoms with Gasteiger partial charge in [0.2, 0.25) is 5.90 Å². The topological polar surface area (TPSA) is 72.6 Å². The Bertz CT molecular complexity index is 2020. The van der Waals surface area contributed by atoms with Crippen LogP contribution in [0, 0.1) is 5.41 Å². The van der Waals surface area contributed by atoms with E-state index in [2.05, 4.69) is 9.98 Å². The van der Waals surface area contributed by atoms with Crippen molar-refractivity contribution in [1.29, 1.82) is 0 Å². The van der Waals surface area contributed by atoms with Gasteiger partial charge in [0.15, 0.2) is 5.90 Å². The van der Waals surface area contributed by atoms with Crippen molar-refractivity contribution in [3.63, 3.8) is 0 Å². The molecule has 56 heavy (non-hydrogen) atoms. The molecule has 6 nitrogen and oxygen atoms in total. The molecule has 0 aromatic heterocycles. The van der Waals surface area contributed by atoms with Gasteiger partial charge in [0, 0.05) is 22.1 Å². The van der Waals surface area contributed by atoms with Gasteiger partial charge in [-0.3, -0.25) is 0 Å². The molecule has 3 aromatic rings. The molecule has 0 bridgehead atoms. The van der Waals surface area contributed by atoms with E-state index in [9.17, 15) is 57.8 Å². The van der Waals surface area contributed by atoms with E-state index in [1.54, 1.807) is 0 Å². The van der Waals surface area contributed by atoms with Gasteiger partial charge in [0.25, 0.3) is 0 Å². The second-order valence-corrected chi connectivity index (χ2v) is 14.5. The fourth-order valence-electron chi connectivity index (χ4n) is 6.60. The Hall–Kier alpha value is -4.64. The molecule has 2 heterocycles. The number of hydrogen-bond acceptors (Lipinski definition) is 6. The van der Waals surface area contributed by atoms with Gasteiger partial charge in [-0.05, 0) is 84.8 Å². The minimum Gasteiger partial charge on any atom is -0.508 e. The monoisotopic (exact) mass is 812 g/mol. The van der Waals surface area contributed by atoms with Crippen LogP contribution in [-0.4, -0.2) is 41.6 Å². The van der Waals surface area contributed by atoms with Crippen molar-refractivity contribution in [3.8, 4) is 17.2 Å². The molecule has 2 aliphatic rings. The number of halogens is 12. The highest BCUT2D eigenvalue weighted by Crippen LogP contribution is 2.60. The number of nitrogens with zero attached hydrogens (tertiary/aromatic N) is 2. The number of phenols is 1. The molecule has 1 unspecified atom stereocenters. The van der Waals surface area contributed by atoms with Crippen LogP contribution in [0.1, 0.15) is 89.5 Å². The molecule has 0 saturated carbocycles. The number of alkyl halides is 12. The van der Waals surface area contributed by atoms with E-state index in [0.717, 1.165) is 24.3 Å². The summed E-state index contributed by atoms with van der Waals surface area (Å²) in [4.78, 5) is 7.83. The van der Waals surface area contributed by atoms with E-state index in [1.807, 2.05) is 20.8 Å². The molecule has 306 valence electrons. The summed E-state index contributed by atoms with van der Waals surface area (Å²) in [6.45, 7) is 9.62. The van der Waals surface area contributed by atoms with E-state index < -0.39 is 104 Å². The maximum atomic E-state index is 14.9. The SMILES string of the molecule is CCCC(C)(CC)c1cc(O)cc(C2=Nc3ccc(Oc4ccc5c(c4)C(C(F)(F)F)(C(F)(F)F)OC(C(C)(C)CC)=N5)cc3C(C(F)(F)F)(C(F)(F)F)O2)c1. The number of phenolic OH excluding ortho intramolecular Hbond substituents is 1. The Kier molecular flexibility index (Phi) is 10.5. The van der Waals surface area contributed by atoms with E-state index in [0.29, 0.717) is 30.9 Å². The second kappa shape index (κ2) is 13.8. The van der Waals surface area contributed by atoms with Crippen molar-refractivity contribution in [2.24, 2.45) is 15.4 Å². The third kappa shape index (κ3) is 6.90. The number of fused-ring (bicyclic) bond motifs is 2. The number of benzene rings is 3. The number of hydrogen-bond donors (Lipinski definition) is 1. The lowest BCUT2D eigenvalue weighted by Crippen LogP contribution is -2.59. The Labute approximate surface area is 313 Å². The Morgan fingerprint density at radius 1 is 0.625 bits per heavy atom. The highest BCUT2D eigenvalue weighted by Gasteiger charge is 2.78. The molecular weight excluding hydrogens is 776 g/mol. The molecule has 0 radical (unpaired) electrons. The lowest BCUT2D eigenvalue weighted by molar-refractivity contribution is -0.371. The van der Waals surface area contributed by atoms with Crippen LogP contribution in [-0.2, 0) is 26.1 Å². The summed E-state index contributed by atoms with van der Waals surface area (Å²) < 4.78 is 192. The average molecular weight is 813 g/mol. The highest BCUT2D eigenvalue weighted by molar-refractivity contribution is 5.98. The molecule has 1 N–H and O–H groups in total. The van der Waals surface area contributed by atoms with Gasteiger partial charge in [-0.25, -0.2) is 9.98 Å². The van der Waals surface area contributed by atoms with Crippen molar-refractivity contribution in [1.82, 2.24) is 0 Å². The van der Waals surface area contributed by atoms with Crippen LogP contribution in [0.5, 0.6) is 17.2 Å². The second-order valence-electron chi connectivity index (χ2n) is 14.5. The van der Waals surface area contributed by atoms with Crippen LogP contribution in [0.15, 0.2) is 64.6 Å². The molecule has 0 saturated heterocycles. The number of ether oxygens (including phenoxy) is 3. The molecule has 5 rings (SSSR count). The lowest BCUT2D eigenvalue weighted by atomic mass is 9.76. The van der Waals surface area contributed by atoms with Gasteiger partial charge in [0.1, 0.15) is 17.2 Å². The number of aromatic hydroxyl groups is 1. The third-order valence-electron chi connectivity index (χ3n) is 10.4. The minimum absolute atomic E-state index is 0.0190. The predicted octanol–water partition coefficient (Wildman–Crippen LogP) is 12.9. The van der Waals surface area contributed by atoms with Gasteiger partial charge in [-0.1, -0.05) is 48.0 Å². The van der Waals surface area contributed by atoms with E-state index >= 15 is 0 Å². The van der Waals surface area contributed by atoms with Gasteiger partial charge in [-0.2, -0.15) is 52.7 Å². The first-order valence-corrected chi connectivity index (χ1v) is 17.3. The van der Waals surface area contributed by atoms with Gasteiger partial charge in [-0.15, -0.1) is 0 Å². The van der Waals surface area contributed by atoms with Crippen LogP contribution in [0.2, 0.25) is 0 Å². The zero-order valence-electron chi connectivity index (χ0n) is 30.6. The zero-order valence-corrected chi connectivity index (χ0v) is 30.6. The summed E-state index contributed by atoms with van der Waals surface area (Å²) in [5.74, 6) is -4.19. The first kappa shape index (κ1) is 42.5. The van der Waals surface area contributed by atoms with E-state index in [-0.39, 0.29) is 18.6 Å². The average Bonchev–Trinajstić information content (AvgIpc) is 3.08. The summed E-state index contributed by atoms with van der Waals surface area (Å²) >= 11 is 0. The maximum absolute atomic E-state index is 14.9. The van der Waals surface area contributed by atoms with E-state index in [4.69, 9.17) is 14.2 Å². The molecule has 0 amide bonds. The van der Waals surface area contributed by atoms with Crippen LogP contribution < -0.4 is 4.74 Å². The van der Waals surface area contributed by atoms with Crippen LogP contribution in [0.4, 0.5) is 64.1 Å². The standard InChI is InChI=1S/C38H36F12N2O4/c1-7-14-32(6,9-3)21-15-20(16-22(53)17-21)29-51-27-12-10-23(18-25(27)33(55-29,35(39,40)41)36(42,43)44)54-24-11-13-28-26(19-24)34(37(45,46)47,38(48,49)50)56-30(52-28)31(4,5)8-2/h10-13,15-19,53H,7-9,14H2,1-6H3. The Balaban J connectivity index is 1.69. The number of aliphatic imine (C=N–C) groups is 2. The summed E-state index contributed by atoms with van der Waals surface area (Å²) in [6, 6.07) is 7.07. The van der Waals surface area contributed by atoms with Crippen molar-refractivity contribution in [2.45, 2.75) is 109 Å². The zero-order chi connectivity index (χ0) is 42.1. The molecule has 18 heteroatoms. The summed E-state index contributed by atoms with van der Waals surface area (Å²) in [7, 11) is 0. The van der Waals surface area contributed by atoms with Crippen molar-refractivity contribution < 1.29 is 72.0 Å². The van der Waals surface area contributed by atoms with Crippen molar-refractivity contribution >= 4 is 23.2 Å². The molecule has 1 atom stereocenters. The molecule has 0 aliphatic carbocycles. The van der Waals surface area contributed by atoms with Gasteiger partial charge < -0.3 is 19.3 Å². The smallest absolute Gasteiger partial charge is 0.442 e. The largest absolute Gasteiger partial charge is 0.508 e. The van der Waals surface area contributed by atoms with Gasteiger partial charge in [0.05, 0.1) is 11.4 Å². The first-order valence-electron chi connectivity index (χ1n) is 17.3. The lowest BCUT2D eigenvalue weighted by Gasteiger charge is -2.43. The highest BCUT2D eigenvalue weighted by atomic mass is 19.4. The van der Waals surface area contributed by atoms with Crippen LogP contribution >= 0.6 is 0 Å². The fourth-order valence-corrected chi connectivity index (χ4v) is 6.60. The molecular formula is C38H36F12N2O4. The quantitative estimate of drug-likeness (QED) is 0.218. The van der Waals surface area contributed by atoms with Crippen molar-refractivity contribution in [3.05, 3.63) is 76.9 Å². The summed E-state index contributed by atoms with van der Waals surface area (Å²) in [5, 5.41) is 10.5. The van der Waals surface area contributed by atoms with Crippen LogP contribution in [0.3, 0.4) is 0 Å². The Morgan fingerprint density at radius 3 is 1.55 bits per heavy atom. The van der Waals surface area contributed by atoms with Crippen molar-refractivity contribution in [2.75, 3.05) is 0 Å². The number of rotatable bonds is 9. The maximum Gasteiger partial charge on any atom is 0.442 e. The van der Waals surface area contributed by atoms with Gasteiger partial charge >= 0.3 is 35.9 Å². The summed E-state index contributed by atoms with van der Waals surface area (Å²) in [6.07, 6.45) is -23.1. The first-order chi connectivity index (χ1) is 25.6. The molecule has 0 spiro atoms. The molecule has 3 aromatic carbocycles. The molecule has 2 aliphatic heterocycles. The molecule has 0 fully saturated rings. The normalized spacial score (nSPS) is 18.0. The third-order valence-corrected chi connectivity index (χ3v) is 10.4. The Morgan fingerprint density at radius 2 is 1.11 bits per heavy atom.